The molecule has 6 heteroatoms. The first kappa shape index (κ1) is 14.9. The summed E-state index contributed by atoms with van der Waals surface area (Å²) in [7, 11) is 0. The number of aromatic nitrogens is 1. The van der Waals surface area contributed by atoms with Gasteiger partial charge in [-0.05, 0) is 43.1 Å². The van der Waals surface area contributed by atoms with Crippen LogP contribution in [0.1, 0.15) is 19.0 Å². The third kappa shape index (κ3) is 2.94. The summed E-state index contributed by atoms with van der Waals surface area (Å²) in [6.07, 6.45) is 1.17. The normalized spacial score (nSPS) is 23.6. The van der Waals surface area contributed by atoms with E-state index in [2.05, 4.69) is 17.2 Å². The summed E-state index contributed by atoms with van der Waals surface area (Å²) < 4.78 is 10.8. The lowest BCUT2D eigenvalue weighted by atomic mass is 9.90. The quantitative estimate of drug-likeness (QED) is 0.933. The monoisotopic (exact) mass is 331 g/mol. The van der Waals surface area contributed by atoms with Gasteiger partial charge >= 0.3 is 0 Å². The van der Waals surface area contributed by atoms with Crippen LogP contribution in [0.3, 0.4) is 0 Å². The van der Waals surface area contributed by atoms with Crippen molar-refractivity contribution in [3.8, 4) is 22.1 Å². The molecule has 0 saturated carbocycles. The van der Waals surface area contributed by atoms with Gasteiger partial charge in [-0.2, -0.15) is 0 Å². The summed E-state index contributed by atoms with van der Waals surface area (Å²) in [5, 5.41) is 3.18. The van der Waals surface area contributed by atoms with Crippen molar-refractivity contribution in [2.24, 2.45) is 11.1 Å². The van der Waals surface area contributed by atoms with E-state index in [-0.39, 0.29) is 5.41 Å². The Bertz CT molecular complexity index is 718. The molecule has 1 fully saturated rings. The van der Waals surface area contributed by atoms with Crippen molar-refractivity contribution in [3.05, 3.63) is 29.3 Å². The van der Waals surface area contributed by atoms with Crippen LogP contribution in [-0.4, -0.2) is 36.3 Å². The van der Waals surface area contributed by atoms with E-state index in [4.69, 9.17) is 20.2 Å². The van der Waals surface area contributed by atoms with Crippen LogP contribution in [0.4, 0.5) is 0 Å². The number of nitrogens with two attached hydrogens (primary N) is 1. The maximum Gasteiger partial charge on any atom is 0.231 e. The van der Waals surface area contributed by atoms with Gasteiger partial charge in [0.2, 0.25) is 6.79 Å². The Morgan fingerprint density at radius 1 is 1.35 bits per heavy atom. The molecule has 4 rings (SSSR count). The highest BCUT2D eigenvalue weighted by Crippen LogP contribution is 2.37. The molecular formula is C17H21N3O2S. The molecule has 0 aliphatic carbocycles. The molecular weight excluding hydrogens is 310 g/mol. The van der Waals surface area contributed by atoms with Crippen LogP contribution in [0.25, 0.3) is 10.6 Å². The third-order valence-corrected chi connectivity index (χ3v) is 5.63. The van der Waals surface area contributed by atoms with Gasteiger partial charge in [0.1, 0.15) is 5.01 Å². The van der Waals surface area contributed by atoms with Crippen LogP contribution < -0.4 is 15.2 Å². The summed E-state index contributed by atoms with van der Waals surface area (Å²) in [5.41, 5.74) is 8.36. The molecule has 1 saturated heterocycles. The molecule has 0 spiro atoms. The Kier molecular flexibility index (Phi) is 3.75. The summed E-state index contributed by atoms with van der Waals surface area (Å²) in [5.74, 6) is 1.61. The second kappa shape index (κ2) is 5.78. The molecule has 1 atom stereocenters. The lowest BCUT2D eigenvalue weighted by Gasteiger charge is -2.22. The van der Waals surface area contributed by atoms with Crippen LogP contribution in [0, 0.1) is 5.41 Å². The van der Waals surface area contributed by atoms with Gasteiger partial charge in [-0.25, -0.2) is 4.98 Å². The molecule has 2 aliphatic rings. The zero-order valence-electron chi connectivity index (χ0n) is 13.2. The highest BCUT2D eigenvalue weighted by molar-refractivity contribution is 7.13. The van der Waals surface area contributed by atoms with E-state index in [9.17, 15) is 0 Å². The molecule has 1 unspecified atom stereocenters. The van der Waals surface area contributed by atoms with Gasteiger partial charge in [-0.15, -0.1) is 11.3 Å². The molecule has 2 aromatic rings. The zero-order valence-corrected chi connectivity index (χ0v) is 14.1. The largest absolute Gasteiger partial charge is 0.454 e. The summed E-state index contributed by atoms with van der Waals surface area (Å²) >= 11 is 1.68. The minimum Gasteiger partial charge on any atom is -0.454 e. The van der Waals surface area contributed by atoms with E-state index in [0.29, 0.717) is 6.79 Å². The SMILES string of the molecule is CC1(CN)CCN(Cc2csc(-c3ccc4c(c3)OCO4)n2)C1. The molecule has 0 bridgehead atoms. The predicted molar refractivity (Wildman–Crippen MR) is 90.7 cm³/mol. The van der Waals surface area contributed by atoms with Crippen molar-refractivity contribution in [1.82, 2.24) is 9.88 Å². The van der Waals surface area contributed by atoms with Crippen LogP contribution in [0.2, 0.25) is 0 Å². The van der Waals surface area contributed by atoms with Gasteiger partial charge < -0.3 is 15.2 Å². The second-order valence-corrected chi connectivity index (χ2v) is 7.55. The molecule has 122 valence electrons. The van der Waals surface area contributed by atoms with Crippen molar-refractivity contribution in [2.45, 2.75) is 19.9 Å². The number of likely N-dealkylation sites (tertiary alicyclic amines) is 1. The topological polar surface area (TPSA) is 60.6 Å². The van der Waals surface area contributed by atoms with Gasteiger partial charge in [0.15, 0.2) is 11.5 Å². The molecule has 2 aliphatic heterocycles. The molecule has 1 aromatic heterocycles. The Morgan fingerprint density at radius 2 is 2.22 bits per heavy atom. The molecule has 2 N–H and O–H groups in total. The van der Waals surface area contributed by atoms with E-state index < -0.39 is 0 Å². The second-order valence-electron chi connectivity index (χ2n) is 6.69. The lowest BCUT2D eigenvalue weighted by Crippen LogP contribution is -2.31. The first-order chi connectivity index (χ1) is 11.1. The van der Waals surface area contributed by atoms with Gasteiger partial charge in [-0.1, -0.05) is 6.92 Å². The number of hydrogen-bond donors (Lipinski definition) is 1. The van der Waals surface area contributed by atoms with Crippen LogP contribution in [0.15, 0.2) is 23.6 Å². The van der Waals surface area contributed by atoms with Crippen molar-refractivity contribution >= 4 is 11.3 Å². The lowest BCUT2D eigenvalue weighted by molar-refractivity contribution is 0.174. The Hall–Kier alpha value is -1.63. The number of rotatable bonds is 4. The fourth-order valence-corrected chi connectivity index (χ4v) is 4.01. The highest BCUT2D eigenvalue weighted by Gasteiger charge is 2.32. The van der Waals surface area contributed by atoms with E-state index in [1.165, 1.54) is 6.42 Å². The average Bonchev–Trinajstić information content (AvgIpc) is 3.27. The number of thiazole rings is 1. The number of nitrogens with zero attached hydrogens (tertiary/aromatic N) is 2. The van der Waals surface area contributed by atoms with Gasteiger partial charge in [-0.3, -0.25) is 4.90 Å². The van der Waals surface area contributed by atoms with Crippen LogP contribution in [0.5, 0.6) is 11.5 Å². The summed E-state index contributed by atoms with van der Waals surface area (Å²) in [6.45, 7) is 6.38. The minimum atomic E-state index is 0.260. The molecule has 1 aromatic carbocycles. The number of benzene rings is 1. The summed E-state index contributed by atoms with van der Waals surface area (Å²) in [4.78, 5) is 7.24. The molecule has 23 heavy (non-hydrogen) atoms. The van der Waals surface area contributed by atoms with Gasteiger partial charge in [0, 0.05) is 24.0 Å². The number of ether oxygens (including phenoxy) is 2. The van der Waals surface area contributed by atoms with E-state index in [1.807, 2.05) is 18.2 Å². The third-order valence-electron chi connectivity index (χ3n) is 4.69. The zero-order chi connectivity index (χ0) is 15.9. The van der Waals surface area contributed by atoms with Gasteiger partial charge in [0.05, 0.1) is 5.69 Å². The smallest absolute Gasteiger partial charge is 0.231 e. The first-order valence-electron chi connectivity index (χ1n) is 7.92. The number of hydrogen-bond acceptors (Lipinski definition) is 6. The van der Waals surface area contributed by atoms with Crippen molar-refractivity contribution < 1.29 is 9.47 Å². The van der Waals surface area contributed by atoms with E-state index in [1.54, 1.807) is 11.3 Å². The van der Waals surface area contributed by atoms with Crippen molar-refractivity contribution in [2.75, 3.05) is 26.4 Å². The number of fused-ring (bicyclic) bond motifs is 1. The highest BCUT2D eigenvalue weighted by atomic mass is 32.1. The fraction of sp³-hybridized carbons (Fsp3) is 0.471. The molecule has 5 nitrogen and oxygen atoms in total. The Morgan fingerprint density at radius 3 is 3.04 bits per heavy atom. The summed E-state index contributed by atoms with van der Waals surface area (Å²) in [6, 6.07) is 6.00. The van der Waals surface area contributed by atoms with Crippen LogP contribution >= 0.6 is 11.3 Å². The maximum atomic E-state index is 5.89. The van der Waals surface area contributed by atoms with E-state index >= 15 is 0 Å². The minimum absolute atomic E-state index is 0.260. The van der Waals surface area contributed by atoms with Crippen molar-refractivity contribution in [1.29, 1.82) is 0 Å². The molecule has 0 radical (unpaired) electrons. The standard InChI is InChI=1S/C17H21N3O2S/c1-17(9-18)4-5-20(10-17)7-13-8-23-16(19-13)12-2-3-14-15(6-12)22-11-21-14/h2-3,6,8H,4-5,7,9-11,18H2,1H3. The van der Waals surface area contributed by atoms with Crippen LogP contribution in [-0.2, 0) is 6.54 Å². The Labute approximate surface area is 140 Å². The molecule has 3 heterocycles. The Balaban J connectivity index is 1.47. The fourth-order valence-electron chi connectivity index (χ4n) is 3.20. The maximum absolute atomic E-state index is 5.89. The molecule has 0 amide bonds. The van der Waals surface area contributed by atoms with E-state index in [0.717, 1.165) is 53.9 Å². The first-order valence-corrected chi connectivity index (χ1v) is 8.80. The predicted octanol–water partition coefficient (Wildman–Crippen LogP) is 2.71. The van der Waals surface area contributed by atoms with Crippen molar-refractivity contribution in [3.63, 3.8) is 0 Å². The van der Waals surface area contributed by atoms with Gasteiger partial charge in [0.25, 0.3) is 0 Å². The average molecular weight is 331 g/mol.